The Bertz CT molecular complexity index is 452. The van der Waals surface area contributed by atoms with Gasteiger partial charge in [0.25, 0.3) is 0 Å². The predicted molar refractivity (Wildman–Crippen MR) is 71.8 cm³/mol. The highest BCUT2D eigenvalue weighted by Crippen LogP contribution is 2.16. The number of hydrogen-bond donors (Lipinski definition) is 1. The number of nitrogens with one attached hydrogen (secondary N) is 1. The van der Waals surface area contributed by atoms with E-state index < -0.39 is 19.9 Å². The standard InChI is InChI=1S/C10H22N2O4S2/c1-3-12(10-4-6-11-7-5-10)18(15,16)9-8-17(2,13)14/h10-11H,3-9H2,1-2H3. The van der Waals surface area contributed by atoms with Crippen LogP contribution in [0, 0.1) is 0 Å². The second kappa shape index (κ2) is 6.31. The molecule has 0 aliphatic carbocycles. The molecule has 0 atom stereocenters. The summed E-state index contributed by atoms with van der Waals surface area (Å²) in [4.78, 5) is 0. The van der Waals surface area contributed by atoms with Crippen molar-refractivity contribution in [2.75, 3.05) is 37.4 Å². The summed E-state index contributed by atoms with van der Waals surface area (Å²) in [5, 5.41) is 3.18. The molecule has 0 saturated carbocycles. The van der Waals surface area contributed by atoms with Crippen molar-refractivity contribution in [2.24, 2.45) is 0 Å². The number of piperidine rings is 1. The Morgan fingerprint density at radius 3 is 2.11 bits per heavy atom. The number of nitrogens with zero attached hydrogens (tertiary/aromatic N) is 1. The lowest BCUT2D eigenvalue weighted by Gasteiger charge is -2.32. The van der Waals surface area contributed by atoms with E-state index in [9.17, 15) is 16.8 Å². The molecule has 1 N–H and O–H groups in total. The van der Waals surface area contributed by atoms with Crippen LogP contribution in [0.2, 0.25) is 0 Å². The van der Waals surface area contributed by atoms with Crippen molar-refractivity contribution in [3.63, 3.8) is 0 Å². The van der Waals surface area contributed by atoms with Gasteiger partial charge in [0.1, 0.15) is 9.84 Å². The smallest absolute Gasteiger partial charge is 0.215 e. The highest BCUT2D eigenvalue weighted by molar-refractivity contribution is 7.93. The van der Waals surface area contributed by atoms with Gasteiger partial charge in [-0.2, -0.15) is 4.31 Å². The Labute approximate surface area is 110 Å². The van der Waals surface area contributed by atoms with Crippen molar-refractivity contribution in [1.82, 2.24) is 9.62 Å². The fraction of sp³-hybridized carbons (Fsp3) is 1.00. The summed E-state index contributed by atoms with van der Waals surface area (Å²) < 4.78 is 47.9. The lowest BCUT2D eigenvalue weighted by molar-refractivity contribution is 0.271. The zero-order valence-corrected chi connectivity index (χ0v) is 12.6. The van der Waals surface area contributed by atoms with E-state index in [-0.39, 0.29) is 17.5 Å². The fourth-order valence-electron chi connectivity index (χ4n) is 2.15. The molecule has 0 spiro atoms. The Hall–Kier alpha value is -0.180. The average Bonchev–Trinajstić information content (AvgIpc) is 2.28. The van der Waals surface area contributed by atoms with E-state index in [1.54, 1.807) is 6.92 Å². The van der Waals surface area contributed by atoms with Crippen LogP contribution < -0.4 is 5.32 Å². The monoisotopic (exact) mass is 298 g/mol. The molecule has 0 aromatic rings. The molecule has 0 aromatic heterocycles. The van der Waals surface area contributed by atoms with Crippen LogP contribution in [0.4, 0.5) is 0 Å². The van der Waals surface area contributed by atoms with Crippen molar-refractivity contribution >= 4 is 19.9 Å². The highest BCUT2D eigenvalue weighted by Gasteiger charge is 2.30. The SMILES string of the molecule is CCN(C1CCNCC1)S(=O)(=O)CCS(C)(=O)=O. The van der Waals surface area contributed by atoms with Crippen molar-refractivity contribution in [2.45, 2.75) is 25.8 Å². The lowest BCUT2D eigenvalue weighted by Crippen LogP contribution is -2.47. The second-order valence-corrected chi connectivity index (χ2v) is 8.93. The van der Waals surface area contributed by atoms with Crippen molar-refractivity contribution in [3.8, 4) is 0 Å². The Balaban J connectivity index is 2.73. The van der Waals surface area contributed by atoms with Gasteiger partial charge in [-0.3, -0.25) is 0 Å². The maximum absolute atomic E-state index is 12.1. The normalized spacial score (nSPS) is 19.3. The zero-order valence-electron chi connectivity index (χ0n) is 10.9. The molecule has 1 heterocycles. The lowest BCUT2D eigenvalue weighted by atomic mass is 10.1. The van der Waals surface area contributed by atoms with Crippen molar-refractivity contribution in [3.05, 3.63) is 0 Å². The van der Waals surface area contributed by atoms with Crippen molar-refractivity contribution in [1.29, 1.82) is 0 Å². The average molecular weight is 298 g/mol. The van der Waals surface area contributed by atoms with Crippen LogP contribution in [0.1, 0.15) is 19.8 Å². The summed E-state index contributed by atoms with van der Waals surface area (Å²) >= 11 is 0. The molecule has 0 aromatic carbocycles. The van der Waals surface area contributed by atoms with Crippen LogP contribution in [0.15, 0.2) is 0 Å². The first-order valence-electron chi connectivity index (χ1n) is 6.14. The number of sulfone groups is 1. The molecule has 0 amide bonds. The summed E-state index contributed by atoms with van der Waals surface area (Å²) in [6, 6.07) is 0.000750. The molecule has 1 fully saturated rings. The van der Waals surface area contributed by atoms with Gasteiger partial charge >= 0.3 is 0 Å². The van der Waals surface area contributed by atoms with Crippen LogP contribution in [0.25, 0.3) is 0 Å². The maximum Gasteiger partial charge on any atom is 0.215 e. The van der Waals surface area contributed by atoms with Crippen molar-refractivity contribution < 1.29 is 16.8 Å². The molecular weight excluding hydrogens is 276 g/mol. The van der Waals surface area contributed by atoms with Crippen LogP contribution in [-0.2, 0) is 19.9 Å². The minimum atomic E-state index is -3.48. The van der Waals surface area contributed by atoms with Gasteiger partial charge in [0.15, 0.2) is 0 Å². The van der Waals surface area contributed by atoms with Crippen LogP contribution in [-0.4, -0.2) is 64.6 Å². The highest BCUT2D eigenvalue weighted by atomic mass is 32.2. The Morgan fingerprint density at radius 2 is 1.67 bits per heavy atom. The molecule has 1 aliphatic rings. The molecule has 0 bridgehead atoms. The molecule has 1 aliphatic heterocycles. The Kier molecular flexibility index (Phi) is 5.57. The molecule has 8 heteroatoms. The van der Waals surface area contributed by atoms with Gasteiger partial charge in [0, 0.05) is 18.8 Å². The molecule has 108 valence electrons. The first-order chi connectivity index (χ1) is 8.26. The number of rotatable bonds is 6. The first-order valence-corrected chi connectivity index (χ1v) is 9.81. The summed E-state index contributed by atoms with van der Waals surface area (Å²) in [7, 11) is -6.73. The largest absolute Gasteiger partial charge is 0.317 e. The van der Waals surface area contributed by atoms with E-state index in [1.165, 1.54) is 4.31 Å². The minimum Gasteiger partial charge on any atom is -0.317 e. The van der Waals surface area contributed by atoms with E-state index in [0.717, 1.165) is 32.2 Å². The third-order valence-corrected chi connectivity index (χ3v) is 6.29. The van der Waals surface area contributed by atoms with E-state index in [2.05, 4.69) is 5.32 Å². The maximum atomic E-state index is 12.1. The quantitative estimate of drug-likeness (QED) is 0.710. The zero-order chi connectivity index (χ0) is 13.8. The van der Waals surface area contributed by atoms with Crippen LogP contribution in [0.5, 0.6) is 0 Å². The fourth-order valence-corrected chi connectivity index (χ4v) is 5.50. The molecule has 0 radical (unpaired) electrons. The third-order valence-electron chi connectivity index (χ3n) is 3.10. The molecule has 1 rings (SSSR count). The van der Waals surface area contributed by atoms with Gasteiger partial charge in [0.05, 0.1) is 11.5 Å². The second-order valence-electron chi connectivity index (χ2n) is 4.63. The van der Waals surface area contributed by atoms with Crippen LogP contribution in [0.3, 0.4) is 0 Å². The van der Waals surface area contributed by atoms with Gasteiger partial charge in [0.2, 0.25) is 10.0 Å². The summed E-state index contributed by atoms with van der Waals surface area (Å²) in [6.45, 7) is 3.81. The van der Waals surface area contributed by atoms with Gasteiger partial charge in [-0.25, -0.2) is 16.8 Å². The molecule has 6 nitrogen and oxygen atoms in total. The summed E-state index contributed by atoms with van der Waals surface area (Å²) in [6.07, 6.45) is 2.63. The van der Waals surface area contributed by atoms with E-state index in [1.807, 2.05) is 0 Å². The van der Waals surface area contributed by atoms with Gasteiger partial charge in [-0.05, 0) is 25.9 Å². The minimum absolute atomic E-state index is 0.000750. The molecule has 18 heavy (non-hydrogen) atoms. The summed E-state index contributed by atoms with van der Waals surface area (Å²) in [5.74, 6) is -0.625. The molecule has 0 unspecified atom stereocenters. The van der Waals surface area contributed by atoms with Gasteiger partial charge < -0.3 is 5.32 Å². The third kappa shape index (κ3) is 4.83. The van der Waals surface area contributed by atoms with Gasteiger partial charge in [-0.1, -0.05) is 6.92 Å². The van der Waals surface area contributed by atoms with Crippen LogP contribution >= 0.6 is 0 Å². The number of sulfonamides is 1. The molecule has 1 saturated heterocycles. The predicted octanol–water partition coefficient (Wildman–Crippen LogP) is -0.565. The van der Waals surface area contributed by atoms with Gasteiger partial charge in [-0.15, -0.1) is 0 Å². The number of hydrogen-bond acceptors (Lipinski definition) is 5. The van der Waals surface area contributed by atoms with E-state index >= 15 is 0 Å². The topological polar surface area (TPSA) is 83.6 Å². The molecular formula is C10H22N2O4S2. The summed E-state index contributed by atoms with van der Waals surface area (Å²) in [5.41, 5.74) is 0. The first kappa shape index (κ1) is 15.9. The van der Waals surface area contributed by atoms with E-state index in [0.29, 0.717) is 6.54 Å². The van der Waals surface area contributed by atoms with E-state index in [4.69, 9.17) is 0 Å². The Morgan fingerprint density at radius 1 is 1.11 bits per heavy atom.